The molecule has 47 heavy (non-hydrogen) atoms. The number of hydrogen-bond donors (Lipinski definition) is 0. The Kier molecular flexibility index (Phi) is 7.51. The lowest BCUT2D eigenvalue weighted by Gasteiger charge is -2.22. The van der Waals surface area contributed by atoms with Crippen molar-refractivity contribution >= 4 is 21.8 Å². The minimum Gasteiger partial charge on any atom is -0.457 e. The first kappa shape index (κ1) is 30.5. The number of ether oxygens (including phenoxy) is 1. The average Bonchev–Trinajstić information content (AvgIpc) is 3.53. The normalized spacial score (nSPS) is 11.9. The molecule has 3 heterocycles. The van der Waals surface area contributed by atoms with Gasteiger partial charge in [0.25, 0.3) is 0 Å². The Morgan fingerprint density at radius 1 is 0.702 bits per heavy atom. The monoisotopic (exact) mass is 618 g/mol. The summed E-state index contributed by atoms with van der Waals surface area (Å²) in [5.41, 5.74) is 12.6. The van der Waals surface area contributed by atoms with E-state index in [1.165, 1.54) is 44.2 Å². The summed E-state index contributed by atoms with van der Waals surface area (Å²) in [6.07, 6.45) is 2.86. The number of para-hydroxylation sites is 1. The summed E-state index contributed by atoms with van der Waals surface area (Å²) in [4.78, 5) is 4.79. The lowest BCUT2D eigenvalue weighted by molar-refractivity contribution is 0.478. The molecule has 0 saturated carbocycles. The van der Waals surface area contributed by atoms with Gasteiger partial charge in [-0.25, -0.2) is 9.67 Å². The molecule has 0 aliphatic carbocycles. The maximum absolute atomic E-state index is 6.74. The number of fused-ring (bicyclic) bond motifs is 3. The third-order valence-corrected chi connectivity index (χ3v) is 9.35. The quantitative estimate of drug-likeness (QED) is 0.186. The zero-order valence-corrected chi connectivity index (χ0v) is 28.6. The molecule has 0 spiro atoms. The van der Waals surface area contributed by atoms with Gasteiger partial charge in [-0.3, -0.25) is 4.57 Å². The van der Waals surface area contributed by atoms with Gasteiger partial charge in [0.2, 0.25) is 0 Å². The van der Waals surface area contributed by atoms with Crippen LogP contribution in [0.2, 0.25) is 0 Å². The Balaban J connectivity index is 1.36. The van der Waals surface area contributed by atoms with E-state index >= 15 is 0 Å². The number of nitrogens with zero attached hydrogens (tertiary/aromatic N) is 4. The van der Waals surface area contributed by atoms with Crippen molar-refractivity contribution in [2.24, 2.45) is 0 Å². The molecule has 0 N–H and O–H groups in total. The van der Waals surface area contributed by atoms with E-state index in [9.17, 15) is 0 Å². The topological polar surface area (TPSA) is 44.9 Å². The lowest BCUT2D eigenvalue weighted by atomic mass is 9.86. The van der Waals surface area contributed by atoms with Gasteiger partial charge in [-0.15, -0.1) is 0 Å². The van der Waals surface area contributed by atoms with Crippen molar-refractivity contribution in [3.63, 3.8) is 0 Å². The van der Waals surface area contributed by atoms with Crippen molar-refractivity contribution < 1.29 is 4.74 Å². The maximum atomic E-state index is 6.74. The van der Waals surface area contributed by atoms with Crippen molar-refractivity contribution in [1.82, 2.24) is 19.3 Å². The van der Waals surface area contributed by atoms with E-state index in [-0.39, 0.29) is 5.41 Å². The van der Waals surface area contributed by atoms with E-state index in [1.807, 2.05) is 6.20 Å². The molecule has 236 valence electrons. The summed E-state index contributed by atoms with van der Waals surface area (Å²) < 4.78 is 11.1. The number of aryl methyl sites for hydroxylation is 4. The molecule has 3 aromatic heterocycles. The van der Waals surface area contributed by atoms with Crippen LogP contribution in [0.3, 0.4) is 0 Å². The highest BCUT2D eigenvalue weighted by Gasteiger charge is 2.22. The Labute approximate surface area is 277 Å². The second-order valence-electron chi connectivity index (χ2n) is 13.7. The summed E-state index contributed by atoms with van der Waals surface area (Å²) >= 11 is 0. The van der Waals surface area contributed by atoms with Gasteiger partial charge >= 0.3 is 0 Å². The molecule has 5 nitrogen and oxygen atoms in total. The molecular formula is C42H42N4O. The van der Waals surface area contributed by atoms with Crippen molar-refractivity contribution in [2.45, 2.75) is 67.2 Å². The molecule has 0 aliphatic heterocycles. The molecule has 0 radical (unpaired) electrons. The van der Waals surface area contributed by atoms with Gasteiger partial charge in [0.1, 0.15) is 17.3 Å². The van der Waals surface area contributed by atoms with Gasteiger partial charge in [-0.1, -0.05) is 64.1 Å². The fraction of sp³-hybridized carbons (Fsp3) is 0.238. The largest absolute Gasteiger partial charge is 0.457 e. The van der Waals surface area contributed by atoms with E-state index in [0.29, 0.717) is 0 Å². The van der Waals surface area contributed by atoms with Gasteiger partial charge in [0.15, 0.2) is 0 Å². The summed E-state index contributed by atoms with van der Waals surface area (Å²) in [6, 6.07) is 32.2. The molecule has 4 aromatic carbocycles. The van der Waals surface area contributed by atoms with E-state index in [2.05, 4.69) is 156 Å². The third kappa shape index (κ3) is 5.40. The molecule has 0 atom stereocenters. The Bertz CT molecular complexity index is 2280. The van der Waals surface area contributed by atoms with Crippen molar-refractivity contribution in [2.75, 3.05) is 0 Å². The first-order chi connectivity index (χ1) is 22.5. The minimum atomic E-state index is -0.0913. The van der Waals surface area contributed by atoms with Crippen LogP contribution in [0.15, 0.2) is 97.2 Å². The molecule has 7 aromatic rings. The molecule has 0 saturated heterocycles. The van der Waals surface area contributed by atoms with Crippen LogP contribution >= 0.6 is 0 Å². The predicted molar refractivity (Wildman–Crippen MR) is 195 cm³/mol. The molecule has 0 fully saturated rings. The van der Waals surface area contributed by atoms with E-state index < -0.39 is 0 Å². The summed E-state index contributed by atoms with van der Waals surface area (Å²) in [7, 11) is 0. The highest BCUT2D eigenvalue weighted by molar-refractivity contribution is 6.09. The Hall–Kier alpha value is -5.16. The molecule has 7 rings (SSSR count). The van der Waals surface area contributed by atoms with Crippen LogP contribution in [0.25, 0.3) is 44.4 Å². The fourth-order valence-electron chi connectivity index (χ4n) is 6.86. The molecule has 0 bridgehead atoms. The van der Waals surface area contributed by atoms with Crippen LogP contribution in [0.5, 0.6) is 11.5 Å². The molecule has 0 amide bonds. The van der Waals surface area contributed by atoms with Gasteiger partial charge in [-0.2, -0.15) is 5.10 Å². The van der Waals surface area contributed by atoms with Gasteiger partial charge in [-0.05, 0) is 110 Å². The van der Waals surface area contributed by atoms with E-state index in [4.69, 9.17) is 14.8 Å². The minimum absolute atomic E-state index is 0.0913. The van der Waals surface area contributed by atoms with Gasteiger partial charge in [0, 0.05) is 40.4 Å². The zero-order valence-electron chi connectivity index (χ0n) is 28.6. The highest BCUT2D eigenvalue weighted by Crippen LogP contribution is 2.38. The highest BCUT2D eigenvalue weighted by atomic mass is 16.5. The first-order valence-electron chi connectivity index (χ1n) is 16.5. The van der Waals surface area contributed by atoms with Crippen LogP contribution in [0, 0.1) is 27.7 Å². The van der Waals surface area contributed by atoms with Crippen LogP contribution in [0.1, 0.15) is 61.3 Å². The Morgan fingerprint density at radius 3 is 2.19 bits per heavy atom. The summed E-state index contributed by atoms with van der Waals surface area (Å²) in [6.45, 7) is 17.5. The van der Waals surface area contributed by atoms with Gasteiger partial charge < -0.3 is 4.74 Å². The molecule has 0 aliphatic rings. The second-order valence-corrected chi connectivity index (χ2v) is 13.7. The van der Waals surface area contributed by atoms with Crippen LogP contribution in [-0.2, 0) is 11.8 Å². The van der Waals surface area contributed by atoms with E-state index in [1.54, 1.807) is 0 Å². The third-order valence-electron chi connectivity index (χ3n) is 9.35. The number of pyridine rings is 1. The molecule has 0 unspecified atom stereocenters. The van der Waals surface area contributed by atoms with Crippen molar-refractivity contribution in [1.29, 1.82) is 0 Å². The number of aromatic nitrogens is 4. The number of hydrogen-bond acceptors (Lipinski definition) is 3. The van der Waals surface area contributed by atoms with E-state index in [0.717, 1.165) is 51.8 Å². The maximum Gasteiger partial charge on any atom is 0.137 e. The Morgan fingerprint density at radius 2 is 1.45 bits per heavy atom. The number of benzene rings is 4. The van der Waals surface area contributed by atoms with Crippen molar-refractivity contribution in [3.8, 4) is 34.1 Å². The zero-order chi connectivity index (χ0) is 33.0. The second kappa shape index (κ2) is 11.6. The van der Waals surface area contributed by atoms with Crippen molar-refractivity contribution in [3.05, 3.63) is 131 Å². The predicted octanol–water partition coefficient (Wildman–Crippen LogP) is 10.9. The standard InChI is InChI=1S/C42H42N4O/c1-9-30-19-20-43-39(21-30)45-37-16-11-10-15-35(37)36-18-17-33(25-38(36)45)47-34-23-31(42(6,7)8)22-32(24-34)46-29(5)41(28(4)44-46)40-26(2)13-12-14-27(40)3/h10-25H,9H2,1-8H3. The van der Waals surface area contributed by atoms with Crippen LogP contribution in [-0.4, -0.2) is 19.3 Å². The summed E-state index contributed by atoms with van der Waals surface area (Å²) in [5, 5.41) is 7.45. The van der Waals surface area contributed by atoms with Crippen LogP contribution in [0.4, 0.5) is 0 Å². The average molecular weight is 619 g/mol. The lowest BCUT2D eigenvalue weighted by Crippen LogP contribution is -2.12. The smallest absolute Gasteiger partial charge is 0.137 e. The molecule has 5 heteroatoms. The number of rotatable bonds is 6. The van der Waals surface area contributed by atoms with Crippen LogP contribution < -0.4 is 4.74 Å². The summed E-state index contributed by atoms with van der Waals surface area (Å²) in [5.74, 6) is 2.46. The van der Waals surface area contributed by atoms with Gasteiger partial charge in [0.05, 0.1) is 22.4 Å². The fourth-order valence-corrected chi connectivity index (χ4v) is 6.86. The SMILES string of the molecule is CCc1ccnc(-n2c3ccccc3c3ccc(Oc4cc(-n5nc(C)c(-c6c(C)cccc6C)c5C)cc(C(C)(C)C)c4)cc32)c1. The molecular weight excluding hydrogens is 576 g/mol. The first-order valence-corrected chi connectivity index (χ1v) is 16.5.